The zero-order valence-corrected chi connectivity index (χ0v) is 59.7. The number of nitrogen functional groups attached to an aromatic ring is 1. The van der Waals surface area contributed by atoms with E-state index >= 15 is 0 Å². The van der Waals surface area contributed by atoms with Gasteiger partial charge in [-0.05, 0) is 176 Å². The van der Waals surface area contributed by atoms with E-state index in [1.807, 2.05) is 122 Å². The average Bonchev–Trinajstić information content (AvgIpc) is 1.59. The molecular weight excluding hydrogens is 1320 g/mol. The predicted octanol–water partition coefficient (Wildman–Crippen LogP) is 15.7. The first-order valence-corrected chi connectivity index (χ1v) is 34.3. The smallest absolute Gasteiger partial charge is 0.340 e. The maximum absolute atomic E-state index is 12.8. The molecule has 0 bridgehead atoms. The second-order valence-corrected chi connectivity index (χ2v) is 26.5. The number of rotatable bonds is 15. The summed E-state index contributed by atoms with van der Waals surface area (Å²) in [6, 6.07) is 35.8. The van der Waals surface area contributed by atoms with Crippen LogP contribution in [0.15, 0.2) is 127 Å². The number of methoxy groups -OCH3 is 4. The van der Waals surface area contributed by atoms with Crippen LogP contribution in [0.25, 0.3) is 88.6 Å². The van der Waals surface area contributed by atoms with Gasteiger partial charge in [0.15, 0.2) is 5.95 Å². The van der Waals surface area contributed by atoms with Crippen molar-refractivity contribution in [2.24, 2.45) is 0 Å². The largest absolute Gasteiger partial charge is 0.465 e. The molecule has 3 fully saturated rings. The normalized spacial score (nSPS) is 13.3. The molecule has 0 saturated heterocycles. The highest BCUT2D eigenvalue weighted by atomic mass is 16.5. The number of nitrogens with zero attached hydrogens (tertiary/aromatic N) is 10. The fourth-order valence-corrected chi connectivity index (χ4v) is 13.7. The fourth-order valence-electron chi connectivity index (χ4n) is 13.7. The lowest BCUT2D eigenvalue weighted by molar-refractivity contribution is 0.0593. The Bertz CT molecular complexity index is 5550. The summed E-state index contributed by atoms with van der Waals surface area (Å²) in [6.45, 7) is 16.3. The molecule has 4 N–H and O–H groups in total. The van der Waals surface area contributed by atoms with Crippen LogP contribution in [0, 0.1) is 55.4 Å². The first-order valence-electron chi connectivity index (χ1n) is 34.3. The summed E-state index contributed by atoms with van der Waals surface area (Å²) >= 11 is 0. The number of benzene rings is 6. The van der Waals surface area contributed by atoms with Gasteiger partial charge in [0.05, 0.1) is 101 Å². The van der Waals surface area contributed by atoms with Crippen LogP contribution in [0.5, 0.6) is 0 Å². The third-order valence-electron chi connectivity index (χ3n) is 19.1. The van der Waals surface area contributed by atoms with E-state index in [0.717, 1.165) is 157 Å². The van der Waals surface area contributed by atoms with Gasteiger partial charge in [0.2, 0.25) is 0 Å². The first kappa shape index (κ1) is 68.8. The maximum Gasteiger partial charge on any atom is 0.340 e. The molecule has 0 aliphatic heterocycles. The number of nitrogens with two attached hydrogens (primary N) is 1. The Balaban J connectivity index is 0.000000118. The molecule has 14 aromatic rings. The average molecular weight is 1400 g/mol. The quantitative estimate of drug-likeness (QED) is 0.0634. The van der Waals surface area contributed by atoms with E-state index in [-0.39, 0.29) is 17.9 Å². The van der Waals surface area contributed by atoms with E-state index in [0.29, 0.717) is 86.7 Å². The number of hydrogen-bond donors (Lipinski definition) is 3. The van der Waals surface area contributed by atoms with Crippen LogP contribution in [-0.2, 0) is 32.0 Å². The topological polar surface area (TPSA) is 328 Å². The number of H-pyrrole nitrogens is 2. The number of hydrogen-bond acceptors (Lipinski definition) is 21. The SMILES string of the molecule is COC(=O)c1cc(-c2c(C)noc2C)cc2[nH]c(C3CC3)nc12.COC(=O)c1cc(-c2c(C)noc2C)cc2[nH]c(N)nc12.COC(=O)c1cc(-c2c(C)noc2C)cc2c1nc(C1CC1)n2Cc1ccccc1.COC(=O)c1cc(-c2c(C)noc2C)cc2nc(C3CC3)n(Cc3ccccc3)c12. The third-order valence-corrected chi connectivity index (χ3v) is 19.1. The summed E-state index contributed by atoms with van der Waals surface area (Å²) < 4.78 is 45.6. The number of esters is 4. The van der Waals surface area contributed by atoms with E-state index in [9.17, 15) is 19.2 Å². The van der Waals surface area contributed by atoms with Crippen molar-refractivity contribution >= 4 is 74.0 Å². The van der Waals surface area contributed by atoms with Gasteiger partial charge in [-0.1, -0.05) is 81.3 Å². The number of ether oxygens (including phenoxy) is 4. The number of imidazole rings is 4. The minimum atomic E-state index is -0.472. The van der Waals surface area contributed by atoms with Crippen molar-refractivity contribution in [3.05, 3.63) is 206 Å². The highest BCUT2D eigenvalue weighted by Gasteiger charge is 2.35. The van der Waals surface area contributed by atoms with E-state index in [1.54, 1.807) is 12.1 Å². The van der Waals surface area contributed by atoms with Crippen LogP contribution in [0.4, 0.5) is 5.95 Å². The van der Waals surface area contributed by atoms with Gasteiger partial charge < -0.3 is 61.9 Å². The molecule has 0 atom stereocenters. The minimum Gasteiger partial charge on any atom is -0.465 e. The zero-order valence-electron chi connectivity index (χ0n) is 59.7. The monoisotopic (exact) mass is 1400 g/mol. The molecule has 530 valence electrons. The Morgan fingerprint density at radius 1 is 0.433 bits per heavy atom. The number of carbonyl (C=O) groups is 4. The van der Waals surface area contributed by atoms with Crippen molar-refractivity contribution in [1.82, 2.24) is 59.7 Å². The molecule has 0 radical (unpaired) electrons. The summed E-state index contributed by atoms with van der Waals surface area (Å²) in [5, 5.41) is 16.1. The molecule has 3 aliphatic carbocycles. The number of anilines is 1. The van der Waals surface area contributed by atoms with Crippen molar-refractivity contribution in [3.8, 4) is 44.5 Å². The molecule has 17 rings (SSSR count). The summed E-state index contributed by atoms with van der Waals surface area (Å²) in [5.41, 5.74) is 25.8. The summed E-state index contributed by atoms with van der Waals surface area (Å²) in [5.74, 6) is 5.83. The Labute approximate surface area is 596 Å². The lowest BCUT2D eigenvalue weighted by atomic mass is 10.00. The summed E-state index contributed by atoms with van der Waals surface area (Å²) in [6.07, 6.45) is 6.80. The molecule has 6 aromatic carbocycles. The Hall–Kier alpha value is -12.3. The van der Waals surface area contributed by atoms with Crippen LogP contribution in [-0.4, -0.2) is 112 Å². The molecule has 0 spiro atoms. The van der Waals surface area contributed by atoms with Gasteiger partial charge in [0, 0.05) is 53.1 Å². The Kier molecular flexibility index (Phi) is 18.7. The van der Waals surface area contributed by atoms with Gasteiger partial charge in [-0.2, -0.15) is 0 Å². The number of aryl methyl sites for hydroxylation is 8. The van der Waals surface area contributed by atoms with E-state index < -0.39 is 11.9 Å². The molecule has 3 aliphatic rings. The van der Waals surface area contributed by atoms with Crippen molar-refractivity contribution < 1.29 is 56.2 Å². The zero-order chi connectivity index (χ0) is 72.9. The number of aromatic amines is 2. The third kappa shape index (κ3) is 13.5. The van der Waals surface area contributed by atoms with Crippen LogP contribution in [0.1, 0.15) is 172 Å². The molecule has 0 unspecified atom stereocenters. The predicted molar refractivity (Wildman–Crippen MR) is 388 cm³/mol. The van der Waals surface area contributed by atoms with Gasteiger partial charge in [-0.25, -0.2) is 39.1 Å². The highest BCUT2D eigenvalue weighted by molar-refractivity contribution is 6.07. The van der Waals surface area contributed by atoms with Crippen molar-refractivity contribution in [2.45, 2.75) is 125 Å². The molecule has 3 saturated carbocycles. The van der Waals surface area contributed by atoms with Gasteiger partial charge in [-0.3, -0.25) is 0 Å². The number of fused-ring (bicyclic) bond motifs is 4. The highest BCUT2D eigenvalue weighted by Crippen LogP contribution is 2.45. The Morgan fingerprint density at radius 3 is 1.23 bits per heavy atom. The van der Waals surface area contributed by atoms with Crippen LogP contribution in [0.2, 0.25) is 0 Å². The molecule has 25 heteroatoms. The summed E-state index contributed by atoms with van der Waals surface area (Å²) in [7, 11) is 5.52. The molecule has 8 aromatic heterocycles. The standard InChI is InChI=1S/2C24H23N3O3.C17H17N3O3.C14H14N4O3/c1-14-21(15(2)30-26-14)18-11-19(24(28)29-3)22-20(12-18)27(23(25-22)17-9-10-17)13-16-7-5-4-6-8-16;1-14-21(15(2)30-26-14)18-11-19(24(28)29-3)22-20(12-18)25-23(17-9-10-17)27(22)13-16-7-5-4-6-8-16;1-8-14(9(2)23-20-8)11-6-12(17(21)22-3)15-13(7-11)18-16(19-15)10-4-5-10;1-6-11(7(2)21-18-6)8-4-9(13(19)20-3)12-10(5-8)16-14(15)17-12/h2*4-8,11-12,17H,9-10,13H2,1-3H3;6-7,10H,4-5H2,1-3H3,(H,18,19);4-5H,1-3H3,(H3,15,16,17). The second kappa shape index (κ2) is 28.3. The maximum atomic E-state index is 12.8. The van der Waals surface area contributed by atoms with E-state index in [2.05, 4.69) is 80.0 Å². The molecular formula is C79H77N13O12. The van der Waals surface area contributed by atoms with Gasteiger partial charge in [0.25, 0.3) is 0 Å². The fraction of sp³-hybridized carbons (Fsp3) is 0.291. The van der Waals surface area contributed by atoms with Gasteiger partial charge in [-0.15, -0.1) is 0 Å². The van der Waals surface area contributed by atoms with Gasteiger partial charge >= 0.3 is 23.9 Å². The minimum absolute atomic E-state index is 0.242. The lowest BCUT2D eigenvalue weighted by Gasteiger charge is -2.12. The second-order valence-electron chi connectivity index (χ2n) is 26.5. The van der Waals surface area contributed by atoms with Crippen molar-refractivity contribution in [2.75, 3.05) is 34.2 Å². The molecule has 0 amide bonds. The van der Waals surface area contributed by atoms with E-state index in [4.69, 9.17) is 52.7 Å². The molecule has 8 heterocycles. The molecule has 104 heavy (non-hydrogen) atoms. The first-order chi connectivity index (χ1) is 50.2. The Morgan fingerprint density at radius 2 is 0.808 bits per heavy atom. The number of carbonyl (C=O) groups excluding carboxylic acids is 4. The van der Waals surface area contributed by atoms with Crippen molar-refractivity contribution in [3.63, 3.8) is 0 Å². The van der Waals surface area contributed by atoms with Crippen LogP contribution < -0.4 is 5.73 Å². The lowest BCUT2D eigenvalue weighted by Crippen LogP contribution is -2.09. The van der Waals surface area contributed by atoms with E-state index in [1.165, 1.54) is 39.6 Å². The van der Waals surface area contributed by atoms with Crippen LogP contribution >= 0.6 is 0 Å². The number of nitrogens with one attached hydrogen (secondary N) is 2. The van der Waals surface area contributed by atoms with Crippen LogP contribution in [0.3, 0.4) is 0 Å². The van der Waals surface area contributed by atoms with Gasteiger partial charge in [0.1, 0.15) is 57.1 Å². The molecule has 25 nitrogen and oxygen atoms in total. The number of aromatic nitrogens is 12. The van der Waals surface area contributed by atoms with Crippen molar-refractivity contribution in [1.29, 1.82) is 0 Å². The summed E-state index contributed by atoms with van der Waals surface area (Å²) in [4.78, 5) is 74.6.